The van der Waals surface area contributed by atoms with E-state index in [-0.39, 0.29) is 17.6 Å². The Hall–Kier alpha value is -1.49. The number of hydrogen-bond acceptors (Lipinski definition) is 3. The van der Waals surface area contributed by atoms with Crippen LogP contribution in [0.4, 0.5) is 0 Å². The summed E-state index contributed by atoms with van der Waals surface area (Å²) in [5.74, 6) is -0.0723. The molecule has 0 saturated heterocycles. The van der Waals surface area contributed by atoms with Crippen LogP contribution in [-0.4, -0.2) is 28.8 Å². The molecule has 0 aliphatic rings. The molecule has 0 heterocycles. The normalized spacial score (nSPS) is 11.8. The van der Waals surface area contributed by atoms with Crippen LogP contribution in [0.2, 0.25) is 0 Å². The average Bonchev–Trinajstić information content (AvgIpc) is 2.41. The van der Waals surface area contributed by atoms with Crippen LogP contribution >= 0.6 is 11.8 Å². The summed E-state index contributed by atoms with van der Waals surface area (Å²) in [7, 11) is 0. The third kappa shape index (κ3) is 6.86. The molecule has 1 atom stereocenters. The standard InChI is InChI=1S/C14H19NO3S/c1-11(14(18)15-9-5-8-13(16)17)19-10-12-6-3-2-4-7-12/h2-4,6-7,11H,5,8-10H2,1H3,(H,15,18)(H,16,17). The van der Waals surface area contributed by atoms with E-state index in [4.69, 9.17) is 5.11 Å². The second kappa shape index (κ2) is 8.58. The summed E-state index contributed by atoms with van der Waals surface area (Å²) in [6.45, 7) is 2.28. The molecule has 0 radical (unpaired) electrons. The minimum atomic E-state index is -0.833. The van der Waals surface area contributed by atoms with Crippen LogP contribution in [0.15, 0.2) is 30.3 Å². The van der Waals surface area contributed by atoms with Gasteiger partial charge in [-0.3, -0.25) is 9.59 Å². The van der Waals surface area contributed by atoms with E-state index in [0.717, 1.165) is 5.75 Å². The number of carbonyl (C=O) groups excluding carboxylic acids is 1. The lowest BCUT2D eigenvalue weighted by molar-refractivity contribution is -0.137. The number of amides is 1. The molecular weight excluding hydrogens is 262 g/mol. The Morgan fingerprint density at radius 3 is 2.63 bits per heavy atom. The van der Waals surface area contributed by atoms with Crippen molar-refractivity contribution in [2.45, 2.75) is 30.8 Å². The number of aliphatic carboxylic acids is 1. The third-order valence-corrected chi connectivity index (χ3v) is 3.79. The number of nitrogens with one attached hydrogen (secondary N) is 1. The third-order valence-electron chi connectivity index (χ3n) is 2.58. The number of carboxylic acids is 1. The maximum atomic E-state index is 11.7. The molecular formula is C14H19NO3S. The van der Waals surface area contributed by atoms with Gasteiger partial charge in [0.05, 0.1) is 5.25 Å². The first-order valence-corrected chi connectivity index (χ1v) is 7.29. The topological polar surface area (TPSA) is 66.4 Å². The van der Waals surface area contributed by atoms with E-state index in [1.54, 1.807) is 11.8 Å². The number of benzene rings is 1. The Kier molecular flexibility index (Phi) is 7.03. The van der Waals surface area contributed by atoms with E-state index < -0.39 is 5.97 Å². The van der Waals surface area contributed by atoms with Gasteiger partial charge in [-0.1, -0.05) is 30.3 Å². The lowest BCUT2D eigenvalue weighted by Crippen LogP contribution is -2.31. The second-order valence-corrected chi connectivity index (χ2v) is 5.56. The minimum Gasteiger partial charge on any atom is -0.481 e. The van der Waals surface area contributed by atoms with Crippen molar-refractivity contribution in [3.05, 3.63) is 35.9 Å². The van der Waals surface area contributed by atoms with Gasteiger partial charge in [-0.25, -0.2) is 0 Å². The number of rotatable bonds is 8. The van der Waals surface area contributed by atoms with Gasteiger partial charge in [0.15, 0.2) is 0 Å². The molecule has 0 spiro atoms. The molecule has 0 aliphatic heterocycles. The Morgan fingerprint density at radius 1 is 1.32 bits per heavy atom. The molecule has 5 heteroatoms. The lowest BCUT2D eigenvalue weighted by atomic mass is 10.2. The van der Waals surface area contributed by atoms with Gasteiger partial charge in [-0.15, -0.1) is 11.8 Å². The highest BCUT2D eigenvalue weighted by molar-refractivity contribution is 7.99. The Balaban J connectivity index is 2.20. The number of carbonyl (C=O) groups is 2. The zero-order chi connectivity index (χ0) is 14.1. The highest BCUT2D eigenvalue weighted by Crippen LogP contribution is 2.17. The van der Waals surface area contributed by atoms with Crippen LogP contribution in [0.25, 0.3) is 0 Å². The van der Waals surface area contributed by atoms with Crippen molar-refractivity contribution in [3.63, 3.8) is 0 Å². The highest BCUT2D eigenvalue weighted by atomic mass is 32.2. The fraction of sp³-hybridized carbons (Fsp3) is 0.429. The smallest absolute Gasteiger partial charge is 0.303 e. The van der Waals surface area contributed by atoms with Crippen LogP contribution in [-0.2, 0) is 15.3 Å². The van der Waals surface area contributed by atoms with Crippen LogP contribution in [0.3, 0.4) is 0 Å². The summed E-state index contributed by atoms with van der Waals surface area (Å²) in [6, 6.07) is 9.99. The average molecular weight is 281 g/mol. The molecule has 1 amide bonds. The Morgan fingerprint density at radius 2 is 2.00 bits per heavy atom. The zero-order valence-electron chi connectivity index (χ0n) is 11.0. The van der Waals surface area contributed by atoms with Gasteiger partial charge in [-0.2, -0.15) is 0 Å². The van der Waals surface area contributed by atoms with E-state index >= 15 is 0 Å². The number of carboxylic acid groups (broad SMARTS) is 1. The van der Waals surface area contributed by atoms with Gasteiger partial charge >= 0.3 is 5.97 Å². The molecule has 1 unspecified atom stereocenters. The summed E-state index contributed by atoms with van der Waals surface area (Å²) in [4.78, 5) is 22.0. The highest BCUT2D eigenvalue weighted by Gasteiger charge is 2.12. The molecule has 4 nitrogen and oxygen atoms in total. The molecule has 0 aromatic heterocycles. The van der Waals surface area contributed by atoms with Crippen LogP contribution in [0.5, 0.6) is 0 Å². The van der Waals surface area contributed by atoms with Gasteiger partial charge < -0.3 is 10.4 Å². The Labute approximate surface area is 117 Å². The van der Waals surface area contributed by atoms with Crippen molar-refractivity contribution in [1.82, 2.24) is 5.32 Å². The lowest BCUT2D eigenvalue weighted by Gasteiger charge is -2.11. The summed E-state index contributed by atoms with van der Waals surface area (Å²) < 4.78 is 0. The van der Waals surface area contributed by atoms with Crippen molar-refractivity contribution in [2.24, 2.45) is 0 Å². The van der Waals surface area contributed by atoms with E-state index in [1.165, 1.54) is 5.56 Å². The van der Waals surface area contributed by atoms with Crippen LogP contribution < -0.4 is 5.32 Å². The quantitative estimate of drug-likeness (QED) is 0.717. The van der Waals surface area contributed by atoms with Crippen molar-refractivity contribution in [1.29, 1.82) is 0 Å². The van der Waals surface area contributed by atoms with E-state index in [9.17, 15) is 9.59 Å². The van der Waals surface area contributed by atoms with Crippen molar-refractivity contribution in [3.8, 4) is 0 Å². The zero-order valence-corrected chi connectivity index (χ0v) is 11.8. The van der Waals surface area contributed by atoms with Gasteiger partial charge in [-0.05, 0) is 18.9 Å². The number of thioether (sulfide) groups is 1. The first kappa shape index (κ1) is 15.6. The van der Waals surface area contributed by atoms with Gasteiger partial charge in [0.25, 0.3) is 0 Å². The van der Waals surface area contributed by atoms with Crippen molar-refractivity contribution in [2.75, 3.05) is 6.54 Å². The largest absolute Gasteiger partial charge is 0.481 e. The van der Waals surface area contributed by atoms with Crippen LogP contribution in [0, 0.1) is 0 Å². The van der Waals surface area contributed by atoms with Crippen LogP contribution in [0.1, 0.15) is 25.3 Å². The minimum absolute atomic E-state index is 0.0358. The van der Waals surface area contributed by atoms with Crippen molar-refractivity contribution >= 4 is 23.6 Å². The van der Waals surface area contributed by atoms with E-state index in [0.29, 0.717) is 13.0 Å². The molecule has 0 aliphatic carbocycles. The molecule has 104 valence electrons. The van der Waals surface area contributed by atoms with Crippen molar-refractivity contribution < 1.29 is 14.7 Å². The molecule has 0 saturated carbocycles. The van der Waals surface area contributed by atoms with Gasteiger partial charge in [0.1, 0.15) is 0 Å². The summed E-state index contributed by atoms with van der Waals surface area (Å²) in [5, 5.41) is 11.1. The molecule has 1 rings (SSSR count). The number of hydrogen-bond donors (Lipinski definition) is 2. The van der Waals surface area contributed by atoms with Gasteiger partial charge in [0, 0.05) is 18.7 Å². The molecule has 0 bridgehead atoms. The molecule has 1 aromatic carbocycles. The molecule has 19 heavy (non-hydrogen) atoms. The first-order valence-electron chi connectivity index (χ1n) is 6.24. The SMILES string of the molecule is CC(SCc1ccccc1)C(=O)NCCCC(=O)O. The summed E-state index contributed by atoms with van der Waals surface area (Å²) in [5.41, 5.74) is 1.19. The molecule has 2 N–H and O–H groups in total. The molecule has 1 aromatic rings. The van der Waals surface area contributed by atoms with E-state index in [1.807, 2.05) is 37.3 Å². The summed E-state index contributed by atoms with van der Waals surface area (Å²) >= 11 is 1.57. The summed E-state index contributed by atoms with van der Waals surface area (Å²) in [6.07, 6.45) is 0.558. The maximum Gasteiger partial charge on any atom is 0.303 e. The monoisotopic (exact) mass is 281 g/mol. The van der Waals surface area contributed by atoms with Gasteiger partial charge in [0.2, 0.25) is 5.91 Å². The fourth-order valence-corrected chi connectivity index (χ4v) is 2.34. The maximum absolute atomic E-state index is 11.7. The fourth-order valence-electron chi connectivity index (χ4n) is 1.47. The predicted molar refractivity (Wildman–Crippen MR) is 77.1 cm³/mol. The predicted octanol–water partition coefficient (Wildman–Crippen LogP) is 2.29. The van der Waals surface area contributed by atoms with E-state index in [2.05, 4.69) is 5.32 Å². The first-order chi connectivity index (χ1) is 9.09. The Bertz CT molecular complexity index is 408. The molecule has 0 fully saturated rings. The second-order valence-electron chi connectivity index (χ2n) is 4.23.